The fourth-order valence-electron chi connectivity index (χ4n) is 2.91. The topological polar surface area (TPSA) is 61.9 Å². The van der Waals surface area contributed by atoms with Gasteiger partial charge in [-0.25, -0.2) is 8.42 Å². The first-order chi connectivity index (χ1) is 13.4. The number of sulfonamides is 1. The predicted molar refractivity (Wildman–Crippen MR) is 117 cm³/mol. The third kappa shape index (κ3) is 5.15. The Bertz CT molecular complexity index is 908. The number of nitrogens with zero attached hydrogens (tertiary/aromatic N) is 2. The van der Waals surface area contributed by atoms with Crippen molar-refractivity contribution in [3.63, 3.8) is 0 Å². The van der Waals surface area contributed by atoms with E-state index in [0.717, 1.165) is 30.1 Å². The number of benzene rings is 1. The van der Waals surface area contributed by atoms with Crippen LogP contribution in [0.2, 0.25) is 4.34 Å². The number of rotatable bonds is 6. The van der Waals surface area contributed by atoms with Crippen LogP contribution in [0, 0.1) is 0 Å². The molecular formula is C18H22ClN3O3S3. The molecule has 0 amide bonds. The molecule has 1 aliphatic rings. The molecule has 2 aromatic rings. The van der Waals surface area contributed by atoms with E-state index >= 15 is 0 Å². The third-order valence-electron chi connectivity index (χ3n) is 4.52. The number of thiophene rings is 1. The molecule has 1 aromatic heterocycles. The summed E-state index contributed by atoms with van der Waals surface area (Å²) in [6.45, 7) is 2.65. The van der Waals surface area contributed by atoms with Crippen LogP contribution in [0.3, 0.4) is 0 Å². The number of methoxy groups -OCH3 is 1. The molecule has 3 rings (SSSR count). The zero-order chi connectivity index (χ0) is 20.1. The van der Waals surface area contributed by atoms with Crippen LogP contribution in [0.25, 0.3) is 0 Å². The Balaban J connectivity index is 1.45. The van der Waals surface area contributed by atoms with Gasteiger partial charge in [0, 0.05) is 32.7 Å². The molecule has 0 saturated carbocycles. The molecule has 0 spiro atoms. The van der Waals surface area contributed by atoms with Crippen molar-refractivity contribution < 1.29 is 13.2 Å². The van der Waals surface area contributed by atoms with Crippen molar-refractivity contribution in [2.45, 2.75) is 10.6 Å². The molecule has 0 aliphatic carbocycles. The first kappa shape index (κ1) is 21.3. The number of ether oxygens (including phenoxy) is 1. The molecule has 0 unspecified atom stereocenters. The van der Waals surface area contributed by atoms with Gasteiger partial charge >= 0.3 is 0 Å². The molecule has 0 atom stereocenters. The van der Waals surface area contributed by atoms with Gasteiger partial charge < -0.3 is 15.0 Å². The lowest BCUT2D eigenvalue weighted by molar-refractivity contribution is 0.264. The quantitative estimate of drug-likeness (QED) is 0.670. The lowest BCUT2D eigenvalue weighted by Gasteiger charge is -2.35. The maximum Gasteiger partial charge on any atom is 0.252 e. The van der Waals surface area contributed by atoms with Crippen molar-refractivity contribution in [1.29, 1.82) is 0 Å². The average molecular weight is 460 g/mol. The molecule has 10 heteroatoms. The number of nitrogens with one attached hydrogen (secondary N) is 1. The molecule has 1 saturated heterocycles. The monoisotopic (exact) mass is 459 g/mol. The second kappa shape index (κ2) is 9.41. The summed E-state index contributed by atoms with van der Waals surface area (Å²) >= 11 is 12.4. The minimum absolute atomic E-state index is 0.283. The summed E-state index contributed by atoms with van der Waals surface area (Å²) in [6.07, 6.45) is 0.845. The normalized spacial score (nSPS) is 15.4. The zero-order valence-corrected chi connectivity index (χ0v) is 18.6. The van der Waals surface area contributed by atoms with Crippen LogP contribution >= 0.6 is 35.2 Å². The Labute approximate surface area is 180 Å². The maximum absolute atomic E-state index is 12.7. The molecule has 152 valence electrons. The molecule has 1 aliphatic heterocycles. The minimum atomic E-state index is -3.48. The molecule has 0 bridgehead atoms. The smallest absolute Gasteiger partial charge is 0.252 e. The lowest BCUT2D eigenvalue weighted by atomic mass is 10.1. The number of hydrogen-bond acceptors (Lipinski definition) is 5. The van der Waals surface area contributed by atoms with Crippen LogP contribution in [0.4, 0.5) is 0 Å². The van der Waals surface area contributed by atoms with Crippen molar-refractivity contribution in [2.75, 3.05) is 39.8 Å². The van der Waals surface area contributed by atoms with Crippen molar-refractivity contribution in [3.8, 4) is 5.75 Å². The molecule has 28 heavy (non-hydrogen) atoms. The summed E-state index contributed by atoms with van der Waals surface area (Å²) in [5.41, 5.74) is 1.20. The van der Waals surface area contributed by atoms with E-state index in [2.05, 4.69) is 5.32 Å². The first-order valence-corrected chi connectivity index (χ1v) is 11.9. The van der Waals surface area contributed by atoms with Crippen molar-refractivity contribution in [2.24, 2.45) is 0 Å². The molecule has 6 nitrogen and oxygen atoms in total. The molecule has 1 fully saturated rings. The van der Waals surface area contributed by atoms with E-state index in [1.807, 2.05) is 29.2 Å². The second-order valence-electron chi connectivity index (χ2n) is 6.28. The zero-order valence-electron chi connectivity index (χ0n) is 15.4. The Hall–Kier alpha value is -1.39. The van der Waals surface area contributed by atoms with Crippen LogP contribution in [-0.2, 0) is 16.4 Å². The number of thiocarbonyl (C=S) groups is 1. The predicted octanol–water partition coefficient (Wildman–Crippen LogP) is 2.83. The first-order valence-electron chi connectivity index (χ1n) is 8.81. The van der Waals surface area contributed by atoms with E-state index in [1.165, 1.54) is 9.87 Å². The van der Waals surface area contributed by atoms with Crippen LogP contribution in [0.15, 0.2) is 40.6 Å². The maximum atomic E-state index is 12.7. The highest BCUT2D eigenvalue weighted by atomic mass is 35.5. The van der Waals surface area contributed by atoms with Gasteiger partial charge in [-0.2, -0.15) is 4.31 Å². The molecule has 2 heterocycles. The number of hydrogen-bond donors (Lipinski definition) is 1. The van der Waals surface area contributed by atoms with E-state index in [1.54, 1.807) is 19.2 Å². The fraction of sp³-hybridized carbons (Fsp3) is 0.389. The summed E-state index contributed by atoms with van der Waals surface area (Å²) in [5, 5.41) is 3.92. The highest BCUT2D eigenvalue weighted by Gasteiger charge is 2.30. The lowest BCUT2D eigenvalue weighted by Crippen LogP contribution is -2.53. The van der Waals surface area contributed by atoms with Gasteiger partial charge in [-0.1, -0.05) is 23.7 Å². The largest absolute Gasteiger partial charge is 0.497 e. The molecular weight excluding hydrogens is 438 g/mol. The summed E-state index contributed by atoms with van der Waals surface area (Å²) in [7, 11) is -1.83. The Morgan fingerprint density at radius 2 is 1.86 bits per heavy atom. The molecule has 1 N–H and O–H groups in total. The van der Waals surface area contributed by atoms with Gasteiger partial charge in [0.25, 0.3) is 10.0 Å². The SMILES string of the molecule is COc1ccc(CCNC(=S)N2CCN(S(=O)(=O)c3ccc(Cl)s3)CC2)cc1. The highest BCUT2D eigenvalue weighted by molar-refractivity contribution is 7.91. The summed E-state index contributed by atoms with van der Waals surface area (Å²) in [5.74, 6) is 0.838. The summed E-state index contributed by atoms with van der Waals surface area (Å²) in [4.78, 5) is 2.01. The Kier molecular flexibility index (Phi) is 7.16. The number of piperazine rings is 1. The van der Waals surface area contributed by atoms with E-state index in [9.17, 15) is 8.42 Å². The highest BCUT2D eigenvalue weighted by Crippen LogP contribution is 2.28. The van der Waals surface area contributed by atoms with Crippen LogP contribution in [-0.4, -0.2) is 62.6 Å². The molecule has 0 radical (unpaired) electrons. The molecule has 1 aromatic carbocycles. The van der Waals surface area contributed by atoms with Gasteiger partial charge in [0.15, 0.2) is 5.11 Å². The van der Waals surface area contributed by atoms with Crippen LogP contribution < -0.4 is 10.1 Å². The van der Waals surface area contributed by atoms with E-state index in [0.29, 0.717) is 35.6 Å². The second-order valence-corrected chi connectivity index (χ2v) is 10.5. The Morgan fingerprint density at radius 1 is 1.18 bits per heavy atom. The van der Waals surface area contributed by atoms with Gasteiger partial charge in [-0.3, -0.25) is 0 Å². The standard InChI is InChI=1S/C18H22ClN3O3S3/c1-25-15-4-2-14(3-5-15)8-9-20-18(26)21-10-12-22(13-11-21)28(23,24)17-7-6-16(19)27-17/h2-7H,8-13H2,1H3,(H,20,26). The van der Waals surface area contributed by atoms with Gasteiger partial charge in [0.1, 0.15) is 9.96 Å². The van der Waals surface area contributed by atoms with Crippen LogP contribution in [0.1, 0.15) is 5.56 Å². The summed E-state index contributed by atoms with van der Waals surface area (Å²) in [6, 6.07) is 11.1. The average Bonchev–Trinajstić information content (AvgIpc) is 3.16. The van der Waals surface area contributed by atoms with Gasteiger partial charge in [-0.15, -0.1) is 11.3 Å². The number of halogens is 1. The van der Waals surface area contributed by atoms with E-state index in [-0.39, 0.29) is 4.21 Å². The van der Waals surface area contributed by atoms with Crippen LogP contribution in [0.5, 0.6) is 5.75 Å². The van der Waals surface area contributed by atoms with E-state index < -0.39 is 10.0 Å². The Morgan fingerprint density at radius 3 is 2.43 bits per heavy atom. The summed E-state index contributed by atoms with van der Waals surface area (Å²) < 4.78 is 32.7. The van der Waals surface area contributed by atoms with E-state index in [4.69, 9.17) is 28.6 Å². The van der Waals surface area contributed by atoms with Crippen molar-refractivity contribution in [1.82, 2.24) is 14.5 Å². The van der Waals surface area contributed by atoms with Crippen molar-refractivity contribution >= 4 is 50.3 Å². The van der Waals surface area contributed by atoms with Crippen molar-refractivity contribution in [3.05, 3.63) is 46.3 Å². The van der Waals surface area contributed by atoms with Gasteiger partial charge in [-0.05, 0) is 48.5 Å². The fourth-order valence-corrected chi connectivity index (χ4v) is 6.26. The minimum Gasteiger partial charge on any atom is -0.497 e. The van der Waals surface area contributed by atoms with Gasteiger partial charge in [0.2, 0.25) is 0 Å². The van der Waals surface area contributed by atoms with Gasteiger partial charge in [0.05, 0.1) is 11.4 Å². The third-order valence-corrected chi connectivity index (χ3v) is 8.52.